The fourth-order valence-corrected chi connectivity index (χ4v) is 3.05. The van der Waals surface area contributed by atoms with Gasteiger partial charge in [-0.05, 0) is 48.0 Å². The molecule has 0 bridgehead atoms. The van der Waals surface area contributed by atoms with Crippen molar-refractivity contribution in [3.63, 3.8) is 0 Å². The number of nitrogen functional groups attached to an aromatic ring is 1. The Kier molecular flexibility index (Phi) is 7.90. The molecular formula is C23H24N8O4. The molecule has 12 heteroatoms. The molecule has 1 atom stereocenters. The Balaban J connectivity index is 0.000000795. The largest absolute Gasteiger partial charge is 0.497 e. The number of anilines is 1. The molecule has 0 amide bonds. The minimum absolute atomic E-state index is 0.0122. The first-order valence-corrected chi connectivity index (χ1v) is 10.3. The number of carboxylic acid groups (broad SMARTS) is 1. The Hall–Kier alpha value is -5.00. The Morgan fingerprint density at radius 1 is 1.17 bits per heavy atom. The number of aromatic nitrogens is 5. The summed E-state index contributed by atoms with van der Waals surface area (Å²) in [4.78, 5) is 32.5. The third kappa shape index (κ3) is 6.51. The summed E-state index contributed by atoms with van der Waals surface area (Å²) in [5.41, 5.74) is 7.27. The summed E-state index contributed by atoms with van der Waals surface area (Å²) < 4.78 is 6.46. The molecule has 0 radical (unpaired) electrons. The lowest BCUT2D eigenvalue weighted by Gasteiger charge is -2.19. The molecule has 0 aliphatic heterocycles. The molecule has 1 unspecified atom stereocenters. The highest BCUT2D eigenvalue weighted by molar-refractivity contribution is 5.95. The molecule has 0 saturated heterocycles. The van der Waals surface area contributed by atoms with E-state index >= 15 is 0 Å². The van der Waals surface area contributed by atoms with Gasteiger partial charge in [-0.1, -0.05) is 12.1 Å². The van der Waals surface area contributed by atoms with E-state index in [4.69, 9.17) is 25.8 Å². The highest BCUT2D eigenvalue weighted by Crippen LogP contribution is 2.27. The molecule has 0 aliphatic carbocycles. The van der Waals surface area contributed by atoms with E-state index in [0.717, 1.165) is 22.9 Å². The van der Waals surface area contributed by atoms with E-state index < -0.39 is 17.7 Å². The highest BCUT2D eigenvalue weighted by atomic mass is 16.5. The quantitative estimate of drug-likeness (QED) is 0.196. The number of nitrogens with zero attached hydrogens (tertiary/aromatic N) is 4. The summed E-state index contributed by atoms with van der Waals surface area (Å²) in [7, 11) is 1.59. The van der Waals surface area contributed by atoms with Gasteiger partial charge in [0.1, 0.15) is 17.6 Å². The first kappa shape index (κ1) is 24.6. The number of hydrogen-bond donors (Lipinski definition) is 5. The van der Waals surface area contributed by atoms with Gasteiger partial charge in [-0.15, -0.1) is 9.78 Å². The van der Waals surface area contributed by atoms with Crippen molar-refractivity contribution in [3.05, 3.63) is 94.4 Å². The number of rotatable bonds is 7. The summed E-state index contributed by atoms with van der Waals surface area (Å²) in [6.45, 7) is 1.08. The van der Waals surface area contributed by atoms with Gasteiger partial charge >= 0.3 is 5.69 Å². The van der Waals surface area contributed by atoms with E-state index in [0.29, 0.717) is 17.1 Å². The number of H-pyrrole nitrogens is 1. The predicted molar refractivity (Wildman–Crippen MR) is 129 cm³/mol. The lowest BCUT2D eigenvalue weighted by molar-refractivity contribution is -0.134. The van der Waals surface area contributed by atoms with Crippen molar-refractivity contribution in [2.75, 3.05) is 12.4 Å². The number of hydrogen-bond acceptors (Lipinski definition) is 8. The van der Waals surface area contributed by atoms with E-state index in [9.17, 15) is 4.79 Å². The van der Waals surface area contributed by atoms with Crippen LogP contribution in [0.25, 0.3) is 5.95 Å². The monoisotopic (exact) mass is 476 g/mol. The number of nitrogens with two attached hydrogens (primary N) is 1. The first-order chi connectivity index (χ1) is 16.8. The van der Waals surface area contributed by atoms with Gasteiger partial charge in [-0.3, -0.25) is 15.2 Å². The van der Waals surface area contributed by atoms with Crippen LogP contribution < -0.4 is 21.5 Å². The average Bonchev–Trinajstić information content (AvgIpc) is 3.24. The molecule has 12 nitrogen and oxygen atoms in total. The lowest BCUT2D eigenvalue weighted by Crippen LogP contribution is -2.18. The van der Waals surface area contributed by atoms with Gasteiger partial charge in [-0.25, -0.2) is 14.8 Å². The van der Waals surface area contributed by atoms with Crippen LogP contribution >= 0.6 is 0 Å². The maximum Gasteiger partial charge on any atom is 0.350 e. The number of amidine groups is 1. The summed E-state index contributed by atoms with van der Waals surface area (Å²) in [5.74, 6) is 0.373. The van der Waals surface area contributed by atoms with Gasteiger partial charge in [0.15, 0.2) is 5.82 Å². The number of nitrogens with one attached hydrogen (secondary N) is 3. The molecule has 4 aromatic rings. The van der Waals surface area contributed by atoms with Crippen LogP contribution in [0, 0.1) is 5.41 Å². The Bertz CT molecular complexity index is 1350. The second-order valence-corrected chi connectivity index (χ2v) is 7.14. The molecule has 2 aromatic carbocycles. The Labute approximate surface area is 200 Å². The zero-order valence-electron chi connectivity index (χ0n) is 19.0. The molecule has 2 aromatic heterocycles. The van der Waals surface area contributed by atoms with E-state index in [-0.39, 0.29) is 11.8 Å². The molecule has 6 N–H and O–H groups in total. The normalized spacial score (nSPS) is 11.0. The van der Waals surface area contributed by atoms with Gasteiger partial charge < -0.3 is 20.9 Å². The Morgan fingerprint density at radius 3 is 2.43 bits per heavy atom. The van der Waals surface area contributed by atoms with Crippen LogP contribution in [0.4, 0.5) is 5.69 Å². The third-order valence-corrected chi connectivity index (χ3v) is 4.58. The second kappa shape index (κ2) is 11.2. The maximum atomic E-state index is 12.5. The van der Waals surface area contributed by atoms with E-state index in [1.54, 1.807) is 37.4 Å². The van der Waals surface area contributed by atoms with Crippen LogP contribution in [0.15, 0.2) is 71.8 Å². The SMILES string of the molecule is CC(=O)O.COc1cccc(C(Nc2ccc(C(=N)N)cc2)c2nn(-c3ncccn3)c(=O)[nH]2)c1. The molecule has 180 valence electrons. The summed E-state index contributed by atoms with van der Waals surface area (Å²) in [6, 6.07) is 15.7. The van der Waals surface area contributed by atoms with Gasteiger partial charge in [0.2, 0.25) is 0 Å². The molecule has 35 heavy (non-hydrogen) atoms. The zero-order chi connectivity index (χ0) is 25.4. The van der Waals surface area contributed by atoms with Crippen molar-refractivity contribution < 1.29 is 14.6 Å². The molecule has 2 heterocycles. The van der Waals surface area contributed by atoms with Crippen molar-refractivity contribution in [3.8, 4) is 11.7 Å². The van der Waals surface area contributed by atoms with Crippen molar-refractivity contribution in [1.29, 1.82) is 5.41 Å². The van der Waals surface area contributed by atoms with Crippen molar-refractivity contribution in [2.24, 2.45) is 5.73 Å². The van der Waals surface area contributed by atoms with Crippen molar-refractivity contribution >= 4 is 17.5 Å². The van der Waals surface area contributed by atoms with Gasteiger partial charge in [-0.2, -0.15) is 0 Å². The molecule has 4 rings (SSSR count). The van der Waals surface area contributed by atoms with Crippen LogP contribution in [0.2, 0.25) is 0 Å². The van der Waals surface area contributed by atoms with Crippen LogP contribution in [-0.4, -0.2) is 48.8 Å². The van der Waals surface area contributed by atoms with Crippen LogP contribution in [0.5, 0.6) is 5.75 Å². The van der Waals surface area contributed by atoms with E-state index in [1.165, 1.54) is 12.4 Å². The average molecular weight is 476 g/mol. The van der Waals surface area contributed by atoms with E-state index in [2.05, 4.69) is 25.4 Å². The van der Waals surface area contributed by atoms with Crippen LogP contribution in [0.3, 0.4) is 0 Å². The first-order valence-electron chi connectivity index (χ1n) is 10.3. The third-order valence-electron chi connectivity index (χ3n) is 4.58. The second-order valence-electron chi connectivity index (χ2n) is 7.14. The smallest absolute Gasteiger partial charge is 0.350 e. The number of aromatic amines is 1. The fourth-order valence-electron chi connectivity index (χ4n) is 3.05. The summed E-state index contributed by atoms with van der Waals surface area (Å²) >= 11 is 0. The number of carboxylic acids is 1. The predicted octanol–water partition coefficient (Wildman–Crippen LogP) is 1.94. The fraction of sp³-hybridized carbons (Fsp3) is 0.130. The van der Waals surface area contributed by atoms with Gasteiger partial charge in [0.25, 0.3) is 11.9 Å². The molecule has 0 aliphatic rings. The van der Waals surface area contributed by atoms with Crippen LogP contribution in [-0.2, 0) is 4.79 Å². The standard InChI is InChI=1S/C21H20N8O2.C2H4O2/c1-31-16-5-2-4-14(12-16)17(26-15-8-6-13(7-9-15)18(22)23)19-27-21(30)29(28-19)20-24-10-3-11-25-20;1-2(3)4/h2-12,17,26H,1H3,(H3,22,23)(H,27,28,30);1H3,(H,3,4). The number of benzene rings is 2. The topological polar surface area (TPSA) is 185 Å². The van der Waals surface area contributed by atoms with Crippen LogP contribution in [0.1, 0.15) is 29.9 Å². The Morgan fingerprint density at radius 2 is 1.83 bits per heavy atom. The van der Waals surface area contributed by atoms with E-state index in [1.807, 2.05) is 24.3 Å². The van der Waals surface area contributed by atoms with Gasteiger partial charge in [0.05, 0.1) is 7.11 Å². The van der Waals surface area contributed by atoms with Crippen molar-refractivity contribution in [1.82, 2.24) is 24.7 Å². The number of carbonyl (C=O) groups is 1. The minimum Gasteiger partial charge on any atom is -0.497 e. The number of ether oxygens (including phenoxy) is 1. The summed E-state index contributed by atoms with van der Waals surface area (Å²) in [6.07, 6.45) is 3.08. The highest BCUT2D eigenvalue weighted by Gasteiger charge is 2.21. The molecule has 0 fully saturated rings. The molecule has 0 saturated carbocycles. The zero-order valence-corrected chi connectivity index (χ0v) is 19.0. The van der Waals surface area contributed by atoms with Crippen molar-refractivity contribution in [2.45, 2.75) is 13.0 Å². The maximum absolute atomic E-state index is 12.5. The molecular weight excluding hydrogens is 452 g/mol. The number of methoxy groups -OCH3 is 1. The van der Waals surface area contributed by atoms with Gasteiger partial charge in [0, 0.05) is 30.6 Å². The number of aliphatic carboxylic acids is 1. The minimum atomic E-state index is -0.833. The molecule has 0 spiro atoms. The summed E-state index contributed by atoms with van der Waals surface area (Å²) in [5, 5.41) is 22.8. The lowest BCUT2D eigenvalue weighted by atomic mass is 10.0.